The maximum Gasteiger partial charge on any atom is 0.320 e. The number of aromatic nitrogens is 3. The number of nitrogens with two attached hydrogens (primary N) is 1. The van der Waals surface area contributed by atoms with Gasteiger partial charge in [0.25, 0.3) is 17.7 Å². The fourth-order valence-corrected chi connectivity index (χ4v) is 9.58. The van der Waals surface area contributed by atoms with Gasteiger partial charge in [-0.3, -0.25) is 39.1 Å². The van der Waals surface area contributed by atoms with Gasteiger partial charge in [0.2, 0.25) is 17.8 Å². The molecular weight excluding hydrogens is 783 g/mol. The lowest BCUT2D eigenvalue weighted by atomic mass is 9.95. The zero-order valence-electron chi connectivity index (χ0n) is 34.3. The van der Waals surface area contributed by atoms with E-state index in [2.05, 4.69) is 47.7 Å². The Morgan fingerprint density at radius 2 is 1.51 bits per heavy atom. The number of amides is 7. The number of nitrogens with one attached hydrogen (secondary N) is 2. The molecule has 0 bridgehead atoms. The van der Waals surface area contributed by atoms with Gasteiger partial charge in [0.1, 0.15) is 6.04 Å². The van der Waals surface area contributed by atoms with Crippen molar-refractivity contribution in [2.45, 2.75) is 50.6 Å². The van der Waals surface area contributed by atoms with E-state index in [0.29, 0.717) is 37.1 Å². The van der Waals surface area contributed by atoms with E-state index in [-0.39, 0.29) is 42.0 Å². The number of carbonyl (C=O) groups is 6. The third-order valence-corrected chi connectivity index (χ3v) is 13.1. The number of benzene rings is 2. The minimum Gasteiger partial charge on any atom is -0.372 e. The SMILES string of the molecule is CN1CCN([C@@H]2CCCN(c3nnc(C(N)=O)c(Nc4ccc(N5CCC(CN6CCN(c7ccc8c(c7)C(=O)N(C7CCC(=O)NC7=O)C8=O)CC6)CC5)cc4)n3)C2)C1=O. The number of urea groups is 1. The van der Waals surface area contributed by atoms with Gasteiger partial charge in [-0.15, -0.1) is 10.2 Å². The van der Waals surface area contributed by atoms with Crippen LogP contribution in [0.2, 0.25) is 0 Å². The van der Waals surface area contributed by atoms with Crippen LogP contribution in [0, 0.1) is 5.92 Å². The molecule has 5 fully saturated rings. The lowest BCUT2D eigenvalue weighted by molar-refractivity contribution is -0.136. The molecule has 61 heavy (non-hydrogen) atoms. The van der Waals surface area contributed by atoms with Crippen LogP contribution in [0.15, 0.2) is 42.5 Å². The van der Waals surface area contributed by atoms with Gasteiger partial charge in [0.15, 0.2) is 11.5 Å². The van der Waals surface area contributed by atoms with Gasteiger partial charge in [0.05, 0.1) is 17.2 Å². The number of imide groups is 2. The quantitative estimate of drug-likeness (QED) is 0.247. The highest BCUT2D eigenvalue weighted by Crippen LogP contribution is 2.32. The maximum absolute atomic E-state index is 13.4. The van der Waals surface area contributed by atoms with Crippen molar-refractivity contribution < 1.29 is 28.8 Å². The Labute approximate surface area is 353 Å². The second kappa shape index (κ2) is 16.6. The molecule has 7 heterocycles. The van der Waals surface area contributed by atoms with Crippen LogP contribution in [0.3, 0.4) is 0 Å². The lowest BCUT2D eigenvalue weighted by Gasteiger charge is -2.40. The first-order chi connectivity index (χ1) is 29.5. The van der Waals surface area contributed by atoms with E-state index in [0.717, 1.165) is 100 Å². The highest BCUT2D eigenvalue weighted by atomic mass is 16.2. The first kappa shape index (κ1) is 40.1. The fraction of sp³-hybridized carbons (Fsp3) is 0.500. The number of rotatable bonds is 10. The molecule has 1 unspecified atom stereocenters. The molecule has 4 N–H and O–H groups in total. The monoisotopic (exact) mass is 833 g/mol. The number of likely N-dealkylation sites (N-methyl/N-ethyl adjacent to an activating group) is 1. The van der Waals surface area contributed by atoms with Crippen LogP contribution in [0.25, 0.3) is 0 Å². The first-order valence-corrected chi connectivity index (χ1v) is 21.3. The molecule has 0 aliphatic carbocycles. The van der Waals surface area contributed by atoms with E-state index in [1.807, 2.05) is 35.0 Å². The summed E-state index contributed by atoms with van der Waals surface area (Å²) in [7, 11) is 1.82. The fourth-order valence-electron chi connectivity index (χ4n) is 9.58. The van der Waals surface area contributed by atoms with Gasteiger partial charge in [0, 0.05) is 103 Å². The third kappa shape index (κ3) is 8.01. The summed E-state index contributed by atoms with van der Waals surface area (Å²) in [6.45, 7) is 8.97. The van der Waals surface area contributed by atoms with Gasteiger partial charge in [-0.05, 0) is 80.5 Å². The summed E-state index contributed by atoms with van der Waals surface area (Å²) in [5.74, 6) is -1.52. The highest BCUT2D eigenvalue weighted by Gasteiger charge is 2.45. The number of hydrogen-bond donors (Lipinski definition) is 3. The Balaban J connectivity index is 0.754. The van der Waals surface area contributed by atoms with Gasteiger partial charge in [-0.25, -0.2) is 4.79 Å². The van der Waals surface area contributed by atoms with Crippen molar-refractivity contribution in [3.05, 3.63) is 59.3 Å². The van der Waals surface area contributed by atoms with Crippen LogP contribution >= 0.6 is 0 Å². The average molecular weight is 834 g/mol. The number of piperazine rings is 1. The van der Waals surface area contributed by atoms with E-state index in [1.54, 1.807) is 17.0 Å². The Morgan fingerprint density at radius 1 is 0.787 bits per heavy atom. The van der Waals surface area contributed by atoms with Crippen molar-refractivity contribution in [2.75, 3.05) is 99.1 Å². The largest absolute Gasteiger partial charge is 0.372 e. The van der Waals surface area contributed by atoms with Crippen molar-refractivity contribution in [2.24, 2.45) is 11.7 Å². The van der Waals surface area contributed by atoms with Crippen LogP contribution in [0.5, 0.6) is 0 Å². The predicted octanol–water partition coefficient (Wildman–Crippen LogP) is 1.49. The maximum atomic E-state index is 13.4. The molecule has 3 aromatic rings. The van der Waals surface area contributed by atoms with Gasteiger partial charge < -0.3 is 35.6 Å². The topological polar surface area (TPSA) is 214 Å². The van der Waals surface area contributed by atoms with Crippen LogP contribution in [-0.2, 0) is 9.59 Å². The lowest BCUT2D eigenvalue weighted by Crippen LogP contribution is -2.54. The number of fused-ring (bicyclic) bond motifs is 1. The molecule has 1 aromatic heterocycles. The van der Waals surface area contributed by atoms with Crippen LogP contribution < -0.4 is 31.1 Å². The van der Waals surface area contributed by atoms with E-state index in [4.69, 9.17) is 10.7 Å². The van der Waals surface area contributed by atoms with E-state index in [1.165, 1.54) is 0 Å². The van der Waals surface area contributed by atoms with Crippen molar-refractivity contribution in [1.29, 1.82) is 0 Å². The summed E-state index contributed by atoms with van der Waals surface area (Å²) in [6, 6.07) is 12.5. The molecule has 19 nitrogen and oxygen atoms in total. The summed E-state index contributed by atoms with van der Waals surface area (Å²) < 4.78 is 0. The molecule has 19 heteroatoms. The number of carbonyl (C=O) groups excluding carboxylic acids is 6. The molecule has 6 aliphatic rings. The van der Waals surface area contributed by atoms with Crippen molar-refractivity contribution >= 4 is 64.4 Å². The van der Waals surface area contributed by atoms with Crippen molar-refractivity contribution in [3.63, 3.8) is 0 Å². The van der Waals surface area contributed by atoms with Crippen LogP contribution in [-0.4, -0.2) is 161 Å². The summed E-state index contributed by atoms with van der Waals surface area (Å²) in [5, 5.41) is 13.9. The number of piperidine rings is 3. The molecule has 6 aliphatic heterocycles. The summed E-state index contributed by atoms with van der Waals surface area (Å²) in [4.78, 5) is 94.1. The molecule has 7 amide bonds. The van der Waals surface area contributed by atoms with Crippen molar-refractivity contribution in [1.82, 2.24) is 40.1 Å². The van der Waals surface area contributed by atoms with Gasteiger partial charge >= 0.3 is 6.03 Å². The second-order valence-corrected chi connectivity index (χ2v) is 16.9. The van der Waals surface area contributed by atoms with Gasteiger partial charge in [-0.1, -0.05) is 0 Å². The Hall–Kier alpha value is -6.37. The average Bonchev–Trinajstić information content (AvgIpc) is 3.73. The van der Waals surface area contributed by atoms with E-state index in [9.17, 15) is 28.8 Å². The van der Waals surface area contributed by atoms with E-state index < -0.39 is 35.6 Å². The minimum atomic E-state index is -0.979. The molecule has 5 saturated heterocycles. The molecule has 320 valence electrons. The number of hydrogen-bond acceptors (Lipinski definition) is 14. The second-order valence-electron chi connectivity index (χ2n) is 16.9. The zero-order chi connectivity index (χ0) is 42.4. The minimum absolute atomic E-state index is 0.0387. The molecule has 0 saturated carbocycles. The summed E-state index contributed by atoms with van der Waals surface area (Å²) in [5.41, 5.74) is 8.95. The molecule has 0 radical (unpaired) electrons. The first-order valence-electron chi connectivity index (χ1n) is 21.3. The smallest absolute Gasteiger partial charge is 0.320 e. The normalized spacial score (nSPS) is 22.9. The van der Waals surface area contributed by atoms with E-state index >= 15 is 0 Å². The number of nitrogens with zero attached hydrogens (tertiary/aromatic N) is 10. The molecule has 0 spiro atoms. The number of primary amides is 1. The van der Waals surface area contributed by atoms with Crippen LogP contribution in [0.1, 0.15) is 69.7 Å². The Bertz CT molecular complexity index is 2240. The molecular formula is C42H51N13O6. The third-order valence-electron chi connectivity index (χ3n) is 13.1. The molecule has 2 aromatic carbocycles. The highest BCUT2D eigenvalue weighted by molar-refractivity contribution is 6.23. The summed E-state index contributed by atoms with van der Waals surface area (Å²) >= 11 is 0. The van der Waals surface area contributed by atoms with Crippen molar-refractivity contribution in [3.8, 4) is 0 Å². The van der Waals surface area contributed by atoms with Crippen LogP contribution in [0.4, 0.5) is 33.6 Å². The zero-order valence-corrected chi connectivity index (χ0v) is 34.3. The standard InChI is InChI=1S/C42H51N13O6/c1-49-17-22-54(42(49)61)30-3-2-14-53(25-30)41-46-37(35(36(43)57)47-48-41)44-27-4-6-28(7-5-27)51-15-12-26(13-16-51)24-50-18-20-52(21-19-50)29-8-9-31-32(23-29)40(60)55(39(31)59)33-10-11-34(56)45-38(33)58/h4-9,23,26,30,33H,2-3,10-22,24-25H2,1H3,(H2,43,57)(H,44,46,48)(H,45,56,58)/t30-,33?/m1/s1. The Kier molecular flexibility index (Phi) is 10.9. The predicted molar refractivity (Wildman–Crippen MR) is 225 cm³/mol. The Morgan fingerprint density at radius 3 is 2.21 bits per heavy atom. The number of anilines is 5. The van der Waals surface area contributed by atoms with Gasteiger partial charge in [-0.2, -0.15) is 4.98 Å². The summed E-state index contributed by atoms with van der Waals surface area (Å²) in [6.07, 6.45) is 4.14. The molecule has 2 atom stereocenters. The molecule has 9 rings (SSSR count).